The number of rotatable bonds is 6. The van der Waals surface area contributed by atoms with Crippen molar-refractivity contribution in [3.8, 4) is 11.4 Å². The molecule has 0 aliphatic heterocycles. The molecule has 31 heavy (non-hydrogen) atoms. The molecule has 0 saturated heterocycles. The van der Waals surface area contributed by atoms with E-state index in [1.165, 1.54) is 4.80 Å². The quantitative estimate of drug-likeness (QED) is 0.438. The summed E-state index contributed by atoms with van der Waals surface area (Å²) in [7, 11) is 0. The standard InChI is InChI=1S/C24H22ClN3O3/c1-24(2,16-6-4-3-5-7-16)18-12-15(8-11-22(29)30)13-21(23(18)31)28-26-19-10-9-17(25)14-20(19)27-28/h3-7,9-10,12-14,31H,8,11H2,1-2H3,(H,29,30). The number of hydrogen-bond donors (Lipinski definition) is 2. The molecule has 6 nitrogen and oxygen atoms in total. The molecule has 158 valence electrons. The Morgan fingerprint density at radius 2 is 1.74 bits per heavy atom. The zero-order valence-corrected chi connectivity index (χ0v) is 18.0. The van der Waals surface area contributed by atoms with Crippen LogP contribution in [0.2, 0.25) is 5.02 Å². The van der Waals surface area contributed by atoms with Gasteiger partial charge in [0.15, 0.2) is 0 Å². The fraction of sp³-hybridized carbons (Fsp3) is 0.208. The average molecular weight is 436 g/mol. The third-order valence-corrected chi connectivity index (χ3v) is 5.74. The van der Waals surface area contributed by atoms with E-state index < -0.39 is 11.4 Å². The highest BCUT2D eigenvalue weighted by Crippen LogP contribution is 2.40. The number of benzene rings is 3. The minimum absolute atomic E-state index is 0.0143. The summed E-state index contributed by atoms with van der Waals surface area (Å²) in [6.07, 6.45) is 0.312. The van der Waals surface area contributed by atoms with Gasteiger partial charge in [0.05, 0.1) is 0 Å². The average Bonchev–Trinajstić information content (AvgIpc) is 3.16. The lowest BCUT2D eigenvalue weighted by Gasteiger charge is -2.28. The van der Waals surface area contributed by atoms with Gasteiger partial charge in [-0.15, -0.1) is 15.0 Å². The lowest BCUT2D eigenvalue weighted by atomic mass is 9.76. The van der Waals surface area contributed by atoms with Crippen LogP contribution in [0.3, 0.4) is 0 Å². The number of aromatic hydroxyl groups is 1. The van der Waals surface area contributed by atoms with Crippen LogP contribution in [0.5, 0.6) is 5.75 Å². The van der Waals surface area contributed by atoms with Crippen molar-refractivity contribution >= 4 is 28.6 Å². The Morgan fingerprint density at radius 1 is 1.03 bits per heavy atom. The summed E-state index contributed by atoms with van der Waals surface area (Å²) >= 11 is 6.07. The summed E-state index contributed by atoms with van der Waals surface area (Å²) in [6.45, 7) is 4.05. The lowest BCUT2D eigenvalue weighted by Crippen LogP contribution is -2.20. The van der Waals surface area contributed by atoms with Crippen LogP contribution in [0.1, 0.15) is 37.0 Å². The predicted molar refractivity (Wildman–Crippen MR) is 120 cm³/mol. The number of hydrogen-bond acceptors (Lipinski definition) is 4. The Kier molecular flexibility index (Phi) is 5.41. The second-order valence-electron chi connectivity index (χ2n) is 8.02. The van der Waals surface area contributed by atoms with Crippen LogP contribution >= 0.6 is 11.6 Å². The molecule has 0 amide bonds. The fourth-order valence-electron chi connectivity index (χ4n) is 3.71. The van der Waals surface area contributed by atoms with E-state index in [2.05, 4.69) is 10.2 Å². The second-order valence-corrected chi connectivity index (χ2v) is 8.45. The first kappa shape index (κ1) is 20.9. The van der Waals surface area contributed by atoms with Gasteiger partial charge >= 0.3 is 5.97 Å². The minimum Gasteiger partial charge on any atom is -0.505 e. The molecule has 0 atom stereocenters. The molecule has 0 spiro atoms. The monoisotopic (exact) mass is 435 g/mol. The van der Waals surface area contributed by atoms with Gasteiger partial charge in [-0.2, -0.15) is 0 Å². The van der Waals surface area contributed by atoms with Crippen molar-refractivity contribution in [1.29, 1.82) is 0 Å². The molecule has 3 aromatic carbocycles. The van der Waals surface area contributed by atoms with Gasteiger partial charge in [0.1, 0.15) is 22.5 Å². The van der Waals surface area contributed by atoms with Crippen LogP contribution in [-0.4, -0.2) is 31.2 Å². The van der Waals surface area contributed by atoms with Gasteiger partial charge in [0.2, 0.25) is 0 Å². The minimum atomic E-state index is -0.879. The molecule has 0 bridgehead atoms. The highest BCUT2D eigenvalue weighted by molar-refractivity contribution is 6.31. The summed E-state index contributed by atoms with van der Waals surface area (Å²) in [5, 5.41) is 29.9. The molecular formula is C24H22ClN3O3. The highest BCUT2D eigenvalue weighted by Gasteiger charge is 2.29. The Labute approximate surface area is 184 Å². The molecule has 4 aromatic rings. The third kappa shape index (κ3) is 4.11. The summed E-state index contributed by atoms with van der Waals surface area (Å²) in [5.74, 6) is -0.824. The maximum Gasteiger partial charge on any atom is 0.303 e. The number of carboxylic acid groups (broad SMARTS) is 1. The fourth-order valence-corrected chi connectivity index (χ4v) is 3.87. The van der Waals surface area contributed by atoms with Crippen molar-refractivity contribution in [2.75, 3.05) is 0 Å². The molecule has 2 N–H and O–H groups in total. The Bertz CT molecular complexity index is 1270. The first-order valence-electron chi connectivity index (χ1n) is 9.92. The lowest BCUT2D eigenvalue weighted by molar-refractivity contribution is -0.136. The largest absolute Gasteiger partial charge is 0.505 e. The number of carbonyl (C=O) groups is 1. The number of phenolic OH excluding ortho intramolecular Hbond substituents is 1. The van der Waals surface area contributed by atoms with Gasteiger partial charge in [-0.3, -0.25) is 4.79 Å². The molecule has 0 fully saturated rings. The number of halogens is 1. The Hall–Kier alpha value is -3.38. The number of fused-ring (bicyclic) bond motifs is 1. The molecule has 0 radical (unpaired) electrons. The summed E-state index contributed by atoms with van der Waals surface area (Å²) in [5.41, 5.74) is 3.60. The molecule has 4 rings (SSSR count). The van der Waals surface area contributed by atoms with E-state index in [-0.39, 0.29) is 12.2 Å². The molecule has 1 heterocycles. The Morgan fingerprint density at radius 3 is 2.45 bits per heavy atom. The van der Waals surface area contributed by atoms with E-state index in [9.17, 15) is 9.90 Å². The highest BCUT2D eigenvalue weighted by atomic mass is 35.5. The van der Waals surface area contributed by atoms with Gasteiger partial charge in [0.25, 0.3) is 0 Å². The summed E-state index contributed by atoms with van der Waals surface area (Å²) in [4.78, 5) is 12.5. The van der Waals surface area contributed by atoms with E-state index in [1.807, 2.05) is 50.2 Å². The van der Waals surface area contributed by atoms with E-state index in [1.54, 1.807) is 24.3 Å². The zero-order chi connectivity index (χ0) is 22.2. The van der Waals surface area contributed by atoms with Gasteiger partial charge in [-0.1, -0.05) is 61.8 Å². The van der Waals surface area contributed by atoms with E-state index in [0.717, 1.165) is 11.1 Å². The summed E-state index contributed by atoms with van der Waals surface area (Å²) < 4.78 is 0. The van der Waals surface area contributed by atoms with Gasteiger partial charge in [0, 0.05) is 22.4 Å². The maximum atomic E-state index is 11.3. The normalized spacial score (nSPS) is 11.7. The predicted octanol–water partition coefficient (Wildman–Crippen LogP) is 5.12. The van der Waals surface area contributed by atoms with E-state index in [0.29, 0.717) is 33.7 Å². The van der Waals surface area contributed by atoms with Crippen molar-refractivity contribution in [2.45, 2.75) is 32.1 Å². The molecular weight excluding hydrogens is 414 g/mol. The van der Waals surface area contributed by atoms with Gasteiger partial charge in [-0.25, -0.2) is 0 Å². The smallest absolute Gasteiger partial charge is 0.303 e. The van der Waals surface area contributed by atoms with Crippen LogP contribution in [-0.2, 0) is 16.6 Å². The number of nitrogens with zero attached hydrogens (tertiary/aromatic N) is 3. The molecule has 0 saturated carbocycles. The van der Waals surface area contributed by atoms with Crippen molar-refractivity contribution < 1.29 is 15.0 Å². The number of aryl methyl sites for hydroxylation is 1. The number of carboxylic acids is 1. The van der Waals surface area contributed by atoms with Crippen molar-refractivity contribution in [2.24, 2.45) is 0 Å². The topological polar surface area (TPSA) is 88.2 Å². The number of aromatic nitrogens is 3. The first-order chi connectivity index (χ1) is 14.8. The molecule has 7 heteroatoms. The number of phenols is 1. The first-order valence-corrected chi connectivity index (χ1v) is 10.3. The van der Waals surface area contributed by atoms with E-state index >= 15 is 0 Å². The molecule has 0 aliphatic rings. The van der Waals surface area contributed by atoms with Crippen molar-refractivity contribution in [3.05, 3.63) is 82.4 Å². The van der Waals surface area contributed by atoms with Crippen LogP contribution in [0.4, 0.5) is 0 Å². The summed E-state index contributed by atoms with van der Waals surface area (Å²) in [6, 6.07) is 18.7. The molecule has 0 aliphatic carbocycles. The van der Waals surface area contributed by atoms with Crippen LogP contribution in [0.15, 0.2) is 60.7 Å². The number of aliphatic carboxylic acids is 1. The van der Waals surface area contributed by atoms with Gasteiger partial charge < -0.3 is 10.2 Å². The van der Waals surface area contributed by atoms with E-state index in [4.69, 9.17) is 16.7 Å². The maximum absolute atomic E-state index is 11.3. The van der Waals surface area contributed by atoms with Crippen LogP contribution < -0.4 is 0 Å². The zero-order valence-electron chi connectivity index (χ0n) is 17.2. The van der Waals surface area contributed by atoms with Crippen molar-refractivity contribution in [1.82, 2.24) is 15.0 Å². The van der Waals surface area contributed by atoms with Crippen LogP contribution in [0.25, 0.3) is 16.7 Å². The van der Waals surface area contributed by atoms with Crippen LogP contribution in [0, 0.1) is 0 Å². The third-order valence-electron chi connectivity index (χ3n) is 5.50. The second kappa shape index (κ2) is 8.04. The molecule has 0 unspecified atom stereocenters. The van der Waals surface area contributed by atoms with Gasteiger partial charge in [-0.05, 0) is 41.8 Å². The Balaban J connectivity index is 1.90. The molecule has 1 aromatic heterocycles. The van der Waals surface area contributed by atoms with Crippen molar-refractivity contribution in [3.63, 3.8) is 0 Å². The SMILES string of the molecule is CC(C)(c1ccccc1)c1cc(CCC(=O)O)cc(-n2nc3ccc(Cl)cc3n2)c1O.